The normalized spacial score (nSPS) is 17.4. The van der Waals surface area contributed by atoms with Crippen molar-refractivity contribution in [1.82, 2.24) is 0 Å². The molecule has 1 aliphatic heterocycles. The highest BCUT2D eigenvalue weighted by Gasteiger charge is 2.21. The molecule has 110 valence electrons. The summed E-state index contributed by atoms with van der Waals surface area (Å²) in [4.78, 5) is 2.32. The number of ether oxygens (including phenoxy) is 1. The van der Waals surface area contributed by atoms with Gasteiger partial charge in [0.25, 0.3) is 0 Å². The smallest absolute Gasteiger partial charge is 0.119 e. The third kappa shape index (κ3) is 3.57. The number of nitrogens with two attached hydrogens (primary N) is 1. The number of benzene rings is 2. The van der Waals surface area contributed by atoms with Gasteiger partial charge in [0, 0.05) is 22.7 Å². The maximum absolute atomic E-state index is 6.15. The van der Waals surface area contributed by atoms with E-state index in [0.717, 1.165) is 29.7 Å². The zero-order valence-corrected chi connectivity index (χ0v) is 13.4. The van der Waals surface area contributed by atoms with Crippen LogP contribution in [0.2, 0.25) is 0 Å². The average Bonchev–Trinajstić information content (AvgIpc) is 2.49. The molecule has 0 aliphatic carbocycles. The van der Waals surface area contributed by atoms with Gasteiger partial charge >= 0.3 is 0 Å². The number of anilines is 1. The van der Waals surface area contributed by atoms with Gasteiger partial charge in [-0.1, -0.05) is 34.1 Å². The van der Waals surface area contributed by atoms with Crippen LogP contribution in [0.25, 0.3) is 0 Å². The highest BCUT2D eigenvalue weighted by Crippen LogP contribution is 2.26. The second kappa shape index (κ2) is 6.50. The summed E-state index contributed by atoms with van der Waals surface area (Å²) in [7, 11) is 0. The van der Waals surface area contributed by atoms with Gasteiger partial charge in [-0.15, -0.1) is 0 Å². The fourth-order valence-corrected chi connectivity index (χ4v) is 3.00. The summed E-state index contributed by atoms with van der Waals surface area (Å²) in [5.41, 5.74) is 8.78. The molecule has 2 N–H and O–H groups in total. The van der Waals surface area contributed by atoms with Gasteiger partial charge < -0.3 is 15.4 Å². The number of nitrogens with zero attached hydrogens (tertiary/aromatic N) is 1. The first-order chi connectivity index (χ1) is 10.2. The van der Waals surface area contributed by atoms with E-state index in [0.29, 0.717) is 6.61 Å². The fraction of sp³-hybridized carbons (Fsp3) is 0.294. The SMILES string of the molecule is NC1Cc2ccccc2N(CCOc2ccc(Br)cc2)C1. The minimum absolute atomic E-state index is 0.201. The predicted molar refractivity (Wildman–Crippen MR) is 90.0 cm³/mol. The van der Waals surface area contributed by atoms with Crippen LogP contribution in [0.15, 0.2) is 53.0 Å². The number of rotatable bonds is 4. The second-order valence-corrected chi connectivity index (χ2v) is 6.26. The van der Waals surface area contributed by atoms with Crippen molar-refractivity contribution in [2.24, 2.45) is 5.73 Å². The first-order valence-electron chi connectivity index (χ1n) is 7.19. The lowest BCUT2D eigenvalue weighted by Crippen LogP contribution is -2.44. The van der Waals surface area contributed by atoms with Crippen LogP contribution in [0.3, 0.4) is 0 Å². The van der Waals surface area contributed by atoms with Crippen molar-refractivity contribution in [2.45, 2.75) is 12.5 Å². The van der Waals surface area contributed by atoms with Crippen LogP contribution in [0.4, 0.5) is 5.69 Å². The third-order valence-electron chi connectivity index (χ3n) is 3.71. The zero-order valence-electron chi connectivity index (χ0n) is 11.8. The Bertz CT molecular complexity index is 600. The molecule has 0 saturated heterocycles. The molecule has 1 aliphatic rings. The molecule has 0 radical (unpaired) electrons. The van der Waals surface area contributed by atoms with Crippen molar-refractivity contribution in [3.05, 3.63) is 58.6 Å². The van der Waals surface area contributed by atoms with Gasteiger partial charge in [-0.2, -0.15) is 0 Å². The van der Waals surface area contributed by atoms with Crippen LogP contribution in [0.5, 0.6) is 5.75 Å². The molecule has 0 fully saturated rings. The third-order valence-corrected chi connectivity index (χ3v) is 4.24. The first kappa shape index (κ1) is 14.4. The van der Waals surface area contributed by atoms with Crippen LogP contribution < -0.4 is 15.4 Å². The molecule has 3 nitrogen and oxygen atoms in total. The number of halogens is 1. The summed E-state index contributed by atoms with van der Waals surface area (Å²) in [6.07, 6.45) is 0.959. The van der Waals surface area contributed by atoms with E-state index in [1.54, 1.807) is 0 Å². The van der Waals surface area contributed by atoms with E-state index < -0.39 is 0 Å². The van der Waals surface area contributed by atoms with Gasteiger partial charge in [-0.3, -0.25) is 0 Å². The Balaban J connectivity index is 1.61. The maximum Gasteiger partial charge on any atom is 0.119 e. The molecule has 21 heavy (non-hydrogen) atoms. The Morgan fingerprint density at radius 3 is 2.71 bits per heavy atom. The van der Waals surface area contributed by atoms with Crippen molar-refractivity contribution < 1.29 is 4.74 Å². The highest BCUT2D eigenvalue weighted by atomic mass is 79.9. The monoisotopic (exact) mass is 346 g/mol. The summed E-state index contributed by atoms with van der Waals surface area (Å²) in [6.45, 7) is 2.39. The van der Waals surface area contributed by atoms with E-state index >= 15 is 0 Å². The number of hydrogen-bond donors (Lipinski definition) is 1. The molecule has 0 saturated carbocycles. The van der Waals surface area contributed by atoms with E-state index in [4.69, 9.17) is 10.5 Å². The lowest BCUT2D eigenvalue weighted by molar-refractivity contribution is 0.321. The van der Waals surface area contributed by atoms with E-state index in [1.165, 1.54) is 11.3 Å². The fourth-order valence-electron chi connectivity index (χ4n) is 2.74. The molecule has 2 aromatic rings. The Kier molecular flexibility index (Phi) is 4.46. The van der Waals surface area contributed by atoms with Crippen molar-refractivity contribution in [2.75, 3.05) is 24.6 Å². The van der Waals surface area contributed by atoms with Crippen LogP contribution in [-0.4, -0.2) is 25.7 Å². The van der Waals surface area contributed by atoms with Crippen molar-refractivity contribution in [1.29, 1.82) is 0 Å². The maximum atomic E-state index is 6.15. The molecule has 3 rings (SSSR count). The molecule has 1 atom stereocenters. The van der Waals surface area contributed by atoms with E-state index in [-0.39, 0.29) is 6.04 Å². The van der Waals surface area contributed by atoms with E-state index in [1.807, 2.05) is 24.3 Å². The summed E-state index contributed by atoms with van der Waals surface area (Å²) in [5.74, 6) is 0.896. The molecule has 0 aromatic heterocycles. The molecule has 4 heteroatoms. The van der Waals surface area contributed by atoms with Crippen LogP contribution >= 0.6 is 15.9 Å². The standard InChI is InChI=1S/C17H19BrN2O/c18-14-5-7-16(8-6-14)21-10-9-20-12-15(19)11-13-3-1-2-4-17(13)20/h1-8,15H,9-12,19H2. The Hall–Kier alpha value is -1.52. The zero-order chi connectivity index (χ0) is 14.7. The van der Waals surface area contributed by atoms with Crippen LogP contribution in [0.1, 0.15) is 5.56 Å². The lowest BCUT2D eigenvalue weighted by Gasteiger charge is -2.34. The van der Waals surface area contributed by atoms with Crippen LogP contribution in [0, 0.1) is 0 Å². The summed E-state index contributed by atoms with van der Waals surface area (Å²) < 4.78 is 6.87. The minimum atomic E-state index is 0.201. The number of fused-ring (bicyclic) bond motifs is 1. The molecule has 1 heterocycles. The van der Waals surface area contributed by atoms with Crippen molar-refractivity contribution in [3.63, 3.8) is 0 Å². The molecule has 2 aromatic carbocycles. The molecular formula is C17H19BrN2O. The quantitative estimate of drug-likeness (QED) is 0.923. The minimum Gasteiger partial charge on any atom is -0.492 e. The summed E-state index contributed by atoms with van der Waals surface area (Å²) in [5, 5.41) is 0. The summed E-state index contributed by atoms with van der Waals surface area (Å²) >= 11 is 3.42. The predicted octanol–water partition coefficient (Wildman–Crippen LogP) is 3.22. The highest BCUT2D eigenvalue weighted by molar-refractivity contribution is 9.10. The molecule has 0 bridgehead atoms. The largest absolute Gasteiger partial charge is 0.492 e. The molecular weight excluding hydrogens is 328 g/mol. The Morgan fingerprint density at radius 2 is 1.90 bits per heavy atom. The topological polar surface area (TPSA) is 38.5 Å². The van der Waals surface area contributed by atoms with Gasteiger partial charge in [0.15, 0.2) is 0 Å². The number of hydrogen-bond acceptors (Lipinski definition) is 3. The Morgan fingerprint density at radius 1 is 1.14 bits per heavy atom. The van der Waals surface area contributed by atoms with E-state index in [9.17, 15) is 0 Å². The Labute approximate surface area is 133 Å². The summed E-state index contributed by atoms with van der Waals surface area (Å²) in [6, 6.07) is 16.6. The molecule has 0 amide bonds. The molecule has 1 unspecified atom stereocenters. The van der Waals surface area contributed by atoms with Gasteiger partial charge in [0.05, 0.1) is 6.54 Å². The van der Waals surface area contributed by atoms with Gasteiger partial charge in [0.1, 0.15) is 12.4 Å². The van der Waals surface area contributed by atoms with E-state index in [2.05, 4.69) is 45.1 Å². The molecule has 0 spiro atoms. The first-order valence-corrected chi connectivity index (χ1v) is 7.98. The van der Waals surface area contributed by atoms with Gasteiger partial charge in [0.2, 0.25) is 0 Å². The lowest BCUT2D eigenvalue weighted by atomic mass is 9.98. The number of para-hydroxylation sites is 1. The second-order valence-electron chi connectivity index (χ2n) is 5.34. The van der Waals surface area contributed by atoms with Crippen molar-refractivity contribution in [3.8, 4) is 5.75 Å². The van der Waals surface area contributed by atoms with Crippen molar-refractivity contribution >= 4 is 21.6 Å². The van der Waals surface area contributed by atoms with Crippen LogP contribution in [-0.2, 0) is 6.42 Å². The van der Waals surface area contributed by atoms with Gasteiger partial charge in [-0.25, -0.2) is 0 Å². The average molecular weight is 347 g/mol. The van der Waals surface area contributed by atoms with Gasteiger partial charge in [-0.05, 0) is 42.3 Å².